The number of hydrogen-bond acceptors (Lipinski definition) is 6. The normalized spacial score (nSPS) is 16.2. The minimum atomic E-state index is -0.453. The number of fused-ring (bicyclic) bond motifs is 2. The highest BCUT2D eigenvalue weighted by Crippen LogP contribution is 2.39. The SMILES string of the molecule is COC(=O)CCn1cc(C2CC(=O)Nc3cc4c(cc32)oc(=O)n4C)cn1. The van der Waals surface area contributed by atoms with Crippen LogP contribution in [0.15, 0.2) is 33.7 Å². The van der Waals surface area contributed by atoms with Gasteiger partial charge in [-0.05, 0) is 23.3 Å². The molecule has 140 valence electrons. The number of oxazole rings is 1. The Labute approximate surface area is 153 Å². The molecule has 3 aromatic rings. The lowest BCUT2D eigenvalue weighted by Gasteiger charge is -2.24. The zero-order valence-electron chi connectivity index (χ0n) is 14.9. The Kier molecular flexibility index (Phi) is 4.06. The first-order valence-corrected chi connectivity index (χ1v) is 8.48. The summed E-state index contributed by atoms with van der Waals surface area (Å²) in [6, 6.07) is 3.54. The molecule has 0 spiro atoms. The van der Waals surface area contributed by atoms with Crippen LogP contribution in [-0.2, 0) is 27.9 Å². The molecule has 0 bridgehead atoms. The van der Waals surface area contributed by atoms with Gasteiger partial charge in [0.1, 0.15) is 0 Å². The molecule has 0 saturated carbocycles. The van der Waals surface area contributed by atoms with E-state index in [9.17, 15) is 14.4 Å². The second-order valence-corrected chi connectivity index (χ2v) is 6.50. The molecule has 1 aliphatic heterocycles. The standard InChI is InChI=1S/C18H18N4O5/c1-21-14-7-13-12(5-15(14)27-18(21)25)11(6-16(23)20-13)10-8-19-22(9-10)4-3-17(24)26-2/h5,7-9,11H,3-4,6H2,1-2H3,(H,20,23). The Balaban J connectivity index is 1.71. The van der Waals surface area contributed by atoms with Crippen molar-refractivity contribution in [2.45, 2.75) is 25.3 Å². The number of ether oxygens (including phenoxy) is 1. The second-order valence-electron chi connectivity index (χ2n) is 6.50. The number of hydrogen-bond donors (Lipinski definition) is 1. The van der Waals surface area contributed by atoms with Crippen molar-refractivity contribution in [2.75, 3.05) is 12.4 Å². The van der Waals surface area contributed by atoms with Crippen molar-refractivity contribution in [1.29, 1.82) is 0 Å². The highest BCUT2D eigenvalue weighted by molar-refractivity contribution is 5.97. The van der Waals surface area contributed by atoms with Crippen molar-refractivity contribution >= 4 is 28.7 Å². The molecule has 1 amide bonds. The van der Waals surface area contributed by atoms with Gasteiger partial charge in [-0.25, -0.2) is 4.79 Å². The van der Waals surface area contributed by atoms with E-state index in [0.29, 0.717) is 23.3 Å². The number of methoxy groups -OCH3 is 1. The van der Waals surface area contributed by atoms with Gasteiger partial charge in [-0.15, -0.1) is 0 Å². The number of nitrogens with one attached hydrogen (secondary N) is 1. The highest BCUT2D eigenvalue weighted by Gasteiger charge is 2.29. The molecule has 1 N–H and O–H groups in total. The quantitative estimate of drug-likeness (QED) is 0.695. The summed E-state index contributed by atoms with van der Waals surface area (Å²) in [6.45, 7) is 0.394. The molecule has 1 atom stereocenters. The smallest absolute Gasteiger partial charge is 0.419 e. The molecular weight excluding hydrogens is 352 g/mol. The lowest BCUT2D eigenvalue weighted by atomic mass is 9.86. The zero-order chi connectivity index (χ0) is 19.1. The average molecular weight is 370 g/mol. The van der Waals surface area contributed by atoms with Crippen molar-refractivity contribution in [3.63, 3.8) is 0 Å². The van der Waals surface area contributed by atoms with E-state index in [1.807, 2.05) is 6.20 Å². The molecule has 0 aliphatic carbocycles. The van der Waals surface area contributed by atoms with Crippen LogP contribution in [0.5, 0.6) is 0 Å². The number of aryl methyl sites for hydroxylation is 2. The Morgan fingerprint density at radius 3 is 3.00 bits per heavy atom. The number of nitrogens with zero attached hydrogens (tertiary/aromatic N) is 3. The number of aromatic nitrogens is 3. The molecule has 1 aliphatic rings. The first-order chi connectivity index (χ1) is 13.0. The summed E-state index contributed by atoms with van der Waals surface area (Å²) in [5, 5.41) is 7.13. The summed E-state index contributed by atoms with van der Waals surface area (Å²) >= 11 is 0. The lowest BCUT2D eigenvalue weighted by molar-refractivity contribution is -0.140. The minimum absolute atomic E-state index is 0.109. The Morgan fingerprint density at radius 2 is 2.22 bits per heavy atom. The van der Waals surface area contributed by atoms with Gasteiger partial charge in [-0.3, -0.25) is 18.8 Å². The van der Waals surface area contributed by atoms with Gasteiger partial charge in [-0.1, -0.05) is 0 Å². The summed E-state index contributed by atoms with van der Waals surface area (Å²) in [6.07, 6.45) is 3.99. The first kappa shape index (κ1) is 17.1. The fourth-order valence-electron chi connectivity index (χ4n) is 3.37. The first-order valence-electron chi connectivity index (χ1n) is 8.48. The van der Waals surface area contributed by atoms with E-state index >= 15 is 0 Å². The summed E-state index contributed by atoms with van der Waals surface area (Å²) < 4.78 is 13.0. The van der Waals surface area contributed by atoms with Gasteiger partial charge in [0.25, 0.3) is 0 Å². The number of anilines is 1. The topological polar surface area (TPSA) is 108 Å². The molecule has 1 aromatic carbocycles. The molecular formula is C18H18N4O5. The molecule has 9 nitrogen and oxygen atoms in total. The van der Waals surface area contributed by atoms with E-state index < -0.39 is 5.76 Å². The third kappa shape index (κ3) is 3.01. The number of carbonyl (C=O) groups is 2. The molecule has 0 radical (unpaired) electrons. The third-order valence-electron chi connectivity index (χ3n) is 4.83. The third-order valence-corrected chi connectivity index (χ3v) is 4.83. The Morgan fingerprint density at radius 1 is 1.41 bits per heavy atom. The van der Waals surface area contributed by atoms with Crippen molar-refractivity contribution < 1.29 is 18.7 Å². The van der Waals surface area contributed by atoms with E-state index in [0.717, 1.165) is 11.1 Å². The fraction of sp³-hybridized carbons (Fsp3) is 0.333. The second kappa shape index (κ2) is 6.42. The van der Waals surface area contributed by atoms with Crippen molar-refractivity contribution in [3.8, 4) is 0 Å². The Bertz CT molecular complexity index is 1110. The van der Waals surface area contributed by atoms with Gasteiger partial charge >= 0.3 is 11.7 Å². The maximum Gasteiger partial charge on any atom is 0.419 e. The number of carbonyl (C=O) groups excluding carboxylic acids is 2. The van der Waals surface area contributed by atoms with Crippen molar-refractivity contribution in [2.24, 2.45) is 7.05 Å². The molecule has 3 heterocycles. The van der Waals surface area contributed by atoms with Crippen LogP contribution >= 0.6 is 0 Å². The fourth-order valence-corrected chi connectivity index (χ4v) is 3.37. The maximum absolute atomic E-state index is 12.2. The monoisotopic (exact) mass is 370 g/mol. The van der Waals surface area contributed by atoms with Gasteiger partial charge in [0.05, 0.1) is 31.8 Å². The maximum atomic E-state index is 12.2. The molecule has 0 fully saturated rings. The van der Waals surface area contributed by atoms with Crippen LogP contribution in [0.1, 0.15) is 29.9 Å². The summed E-state index contributed by atoms with van der Waals surface area (Å²) in [7, 11) is 2.96. The van der Waals surface area contributed by atoms with Crippen molar-refractivity contribution in [1.82, 2.24) is 14.3 Å². The minimum Gasteiger partial charge on any atom is -0.469 e. The largest absolute Gasteiger partial charge is 0.469 e. The summed E-state index contributed by atoms with van der Waals surface area (Å²) in [5.41, 5.74) is 3.47. The van der Waals surface area contributed by atoms with Crippen LogP contribution in [0.4, 0.5) is 5.69 Å². The number of rotatable bonds is 4. The van der Waals surface area contributed by atoms with Crippen LogP contribution < -0.4 is 11.1 Å². The summed E-state index contributed by atoms with van der Waals surface area (Å²) in [4.78, 5) is 35.3. The molecule has 27 heavy (non-hydrogen) atoms. The van der Waals surface area contributed by atoms with Crippen LogP contribution in [-0.4, -0.2) is 33.3 Å². The number of esters is 1. The van der Waals surface area contributed by atoms with Gasteiger partial charge in [0, 0.05) is 31.3 Å². The molecule has 0 saturated heterocycles. The predicted octanol–water partition coefficient (Wildman–Crippen LogP) is 1.37. The lowest BCUT2D eigenvalue weighted by Crippen LogP contribution is -2.23. The Hall–Kier alpha value is -3.36. The highest BCUT2D eigenvalue weighted by atomic mass is 16.5. The van der Waals surface area contributed by atoms with Gasteiger partial charge < -0.3 is 14.5 Å². The predicted molar refractivity (Wildman–Crippen MR) is 95.4 cm³/mol. The van der Waals surface area contributed by atoms with E-state index in [-0.39, 0.29) is 30.6 Å². The molecule has 9 heteroatoms. The van der Waals surface area contributed by atoms with E-state index in [4.69, 9.17) is 4.42 Å². The van der Waals surface area contributed by atoms with E-state index in [1.54, 1.807) is 30.1 Å². The zero-order valence-corrected chi connectivity index (χ0v) is 14.9. The van der Waals surface area contributed by atoms with Crippen LogP contribution in [0.2, 0.25) is 0 Å². The molecule has 4 rings (SSSR count). The van der Waals surface area contributed by atoms with Gasteiger partial charge in [0.2, 0.25) is 5.91 Å². The van der Waals surface area contributed by atoms with Crippen LogP contribution in [0.3, 0.4) is 0 Å². The molecule has 1 unspecified atom stereocenters. The van der Waals surface area contributed by atoms with Crippen LogP contribution in [0, 0.1) is 0 Å². The van der Waals surface area contributed by atoms with E-state index in [1.165, 1.54) is 11.7 Å². The summed E-state index contributed by atoms with van der Waals surface area (Å²) in [5.74, 6) is -1.08. The van der Waals surface area contributed by atoms with Gasteiger partial charge in [-0.2, -0.15) is 5.10 Å². The van der Waals surface area contributed by atoms with Gasteiger partial charge in [0.15, 0.2) is 5.58 Å². The van der Waals surface area contributed by atoms with Crippen LogP contribution in [0.25, 0.3) is 11.1 Å². The number of amides is 1. The van der Waals surface area contributed by atoms with E-state index in [2.05, 4.69) is 15.2 Å². The van der Waals surface area contributed by atoms with Crippen molar-refractivity contribution in [3.05, 3.63) is 46.2 Å². The number of benzene rings is 1. The average Bonchev–Trinajstić information content (AvgIpc) is 3.23. The molecule has 2 aromatic heterocycles.